The smallest absolute Gasteiger partial charge is 0.337 e. The van der Waals surface area contributed by atoms with E-state index in [0.717, 1.165) is 11.8 Å². The number of amides is 1. The summed E-state index contributed by atoms with van der Waals surface area (Å²) in [7, 11) is 0. The molecule has 0 fully saturated rings. The Bertz CT molecular complexity index is 912. The van der Waals surface area contributed by atoms with E-state index < -0.39 is 11.9 Å². The van der Waals surface area contributed by atoms with Gasteiger partial charge in [0.25, 0.3) is 5.91 Å². The van der Waals surface area contributed by atoms with Gasteiger partial charge in [-0.1, -0.05) is 30.3 Å². The van der Waals surface area contributed by atoms with E-state index in [4.69, 9.17) is 9.84 Å². The van der Waals surface area contributed by atoms with Crippen LogP contribution >= 0.6 is 0 Å². The molecule has 2 heterocycles. The number of pyridine rings is 2. The number of nitrogens with zero attached hydrogens (tertiary/aromatic N) is 2. The Kier molecular flexibility index (Phi) is 5.19. The fraction of sp³-hybridized carbons (Fsp3) is 0.0526. The highest BCUT2D eigenvalue weighted by Crippen LogP contribution is 2.22. The number of carboxylic acid groups (broad SMARTS) is 1. The second-order valence-electron chi connectivity index (χ2n) is 5.32. The van der Waals surface area contributed by atoms with Gasteiger partial charge in [-0.25, -0.2) is 9.78 Å². The molecule has 3 aromatic rings. The lowest BCUT2D eigenvalue weighted by Crippen LogP contribution is -2.15. The van der Waals surface area contributed by atoms with Gasteiger partial charge in [0.05, 0.1) is 5.56 Å². The van der Waals surface area contributed by atoms with E-state index in [9.17, 15) is 9.59 Å². The minimum atomic E-state index is -1.10. The first kappa shape index (κ1) is 17.1. The Labute approximate surface area is 149 Å². The second-order valence-corrected chi connectivity index (χ2v) is 5.32. The van der Waals surface area contributed by atoms with E-state index in [-0.39, 0.29) is 17.1 Å². The van der Waals surface area contributed by atoms with Crippen molar-refractivity contribution in [3.8, 4) is 5.88 Å². The predicted molar refractivity (Wildman–Crippen MR) is 94.2 cm³/mol. The van der Waals surface area contributed by atoms with Crippen LogP contribution in [0.15, 0.2) is 67.0 Å². The normalized spacial score (nSPS) is 10.2. The number of rotatable bonds is 6. The summed E-state index contributed by atoms with van der Waals surface area (Å²) < 4.78 is 5.69. The first-order valence-electron chi connectivity index (χ1n) is 7.76. The zero-order valence-electron chi connectivity index (χ0n) is 13.6. The van der Waals surface area contributed by atoms with Crippen molar-refractivity contribution in [2.75, 3.05) is 5.32 Å². The molecule has 1 amide bonds. The molecule has 0 bridgehead atoms. The molecule has 0 saturated carbocycles. The molecule has 26 heavy (non-hydrogen) atoms. The summed E-state index contributed by atoms with van der Waals surface area (Å²) in [5.41, 5.74) is 1.47. The number of aromatic nitrogens is 2. The molecule has 0 radical (unpaired) electrons. The number of carboxylic acids is 1. The standard InChI is InChI=1S/C19H15N3O4/c23-17(15-9-8-14(11-21-15)19(24)25)22-16-7-4-10-20-18(16)26-12-13-5-2-1-3-6-13/h1-11H,12H2,(H,22,23)(H,24,25). The molecule has 0 aliphatic heterocycles. The van der Waals surface area contributed by atoms with Crippen LogP contribution in [0.2, 0.25) is 0 Å². The second kappa shape index (κ2) is 7.89. The summed E-state index contributed by atoms with van der Waals surface area (Å²) in [6, 6.07) is 15.6. The maximum atomic E-state index is 12.3. The average Bonchev–Trinajstić information content (AvgIpc) is 2.68. The molecule has 0 aliphatic carbocycles. The maximum absolute atomic E-state index is 12.3. The number of hydrogen-bond donors (Lipinski definition) is 2. The highest BCUT2D eigenvalue weighted by molar-refractivity contribution is 6.03. The van der Waals surface area contributed by atoms with Gasteiger partial charge in [0.2, 0.25) is 5.88 Å². The van der Waals surface area contributed by atoms with E-state index in [1.807, 2.05) is 30.3 Å². The summed E-state index contributed by atoms with van der Waals surface area (Å²) in [5, 5.41) is 11.5. The van der Waals surface area contributed by atoms with Crippen molar-refractivity contribution in [1.82, 2.24) is 9.97 Å². The molecule has 0 saturated heterocycles. The van der Waals surface area contributed by atoms with Crippen molar-refractivity contribution in [2.45, 2.75) is 6.61 Å². The average molecular weight is 349 g/mol. The molecule has 2 N–H and O–H groups in total. The third-order valence-electron chi connectivity index (χ3n) is 3.48. The molecule has 0 atom stereocenters. The molecule has 130 valence electrons. The summed E-state index contributed by atoms with van der Waals surface area (Å²) in [5.74, 6) is -1.31. The molecule has 2 aromatic heterocycles. The van der Waals surface area contributed by atoms with E-state index in [1.165, 1.54) is 12.1 Å². The first-order chi connectivity index (χ1) is 12.6. The lowest BCUT2D eigenvalue weighted by atomic mass is 10.2. The lowest BCUT2D eigenvalue weighted by molar-refractivity contribution is 0.0696. The van der Waals surface area contributed by atoms with Gasteiger partial charge < -0.3 is 15.2 Å². The maximum Gasteiger partial charge on any atom is 0.337 e. The van der Waals surface area contributed by atoms with Crippen molar-refractivity contribution in [2.24, 2.45) is 0 Å². The van der Waals surface area contributed by atoms with Crippen LogP contribution in [0, 0.1) is 0 Å². The minimum Gasteiger partial charge on any atom is -0.478 e. The van der Waals surface area contributed by atoms with Crippen LogP contribution in [0.1, 0.15) is 26.4 Å². The number of aromatic carboxylic acids is 1. The van der Waals surface area contributed by atoms with Crippen LogP contribution in [0.3, 0.4) is 0 Å². The number of anilines is 1. The molecular formula is C19H15N3O4. The van der Waals surface area contributed by atoms with Crippen molar-refractivity contribution in [1.29, 1.82) is 0 Å². The zero-order valence-corrected chi connectivity index (χ0v) is 13.6. The van der Waals surface area contributed by atoms with Gasteiger partial charge in [-0.2, -0.15) is 0 Å². The van der Waals surface area contributed by atoms with Crippen LogP contribution in [0.5, 0.6) is 5.88 Å². The number of carbonyl (C=O) groups excluding carboxylic acids is 1. The molecule has 0 aliphatic rings. The number of ether oxygens (including phenoxy) is 1. The SMILES string of the molecule is O=C(O)c1ccc(C(=O)Nc2cccnc2OCc2ccccc2)nc1. The summed E-state index contributed by atoms with van der Waals surface area (Å²) in [6.07, 6.45) is 2.70. The van der Waals surface area contributed by atoms with Gasteiger partial charge in [0.15, 0.2) is 0 Å². The van der Waals surface area contributed by atoms with Gasteiger partial charge in [0.1, 0.15) is 18.0 Å². The third-order valence-corrected chi connectivity index (χ3v) is 3.48. The van der Waals surface area contributed by atoms with Crippen LogP contribution in [-0.2, 0) is 6.61 Å². The Hall–Kier alpha value is -3.74. The molecule has 0 spiro atoms. The summed E-state index contributed by atoms with van der Waals surface area (Å²) in [4.78, 5) is 31.2. The van der Waals surface area contributed by atoms with E-state index >= 15 is 0 Å². The van der Waals surface area contributed by atoms with Crippen molar-refractivity contribution in [3.63, 3.8) is 0 Å². The molecule has 7 heteroatoms. The molecule has 7 nitrogen and oxygen atoms in total. The molecule has 3 rings (SSSR count). The van der Waals surface area contributed by atoms with E-state index in [1.54, 1.807) is 18.3 Å². The Morgan fingerprint density at radius 3 is 2.50 bits per heavy atom. The summed E-state index contributed by atoms with van der Waals surface area (Å²) >= 11 is 0. The fourth-order valence-corrected chi connectivity index (χ4v) is 2.17. The largest absolute Gasteiger partial charge is 0.478 e. The first-order valence-corrected chi connectivity index (χ1v) is 7.76. The fourth-order valence-electron chi connectivity index (χ4n) is 2.17. The molecule has 0 unspecified atom stereocenters. The van der Waals surface area contributed by atoms with Gasteiger partial charge in [-0.15, -0.1) is 0 Å². The Morgan fingerprint density at radius 1 is 1.00 bits per heavy atom. The van der Waals surface area contributed by atoms with Crippen LogP contribution < -0.4 is 10.1 Å². The Balaban J connectivity index is 1.71. The lowest BCUT2D eigenvalue weighted by Gasteiger charge is -2.11. The quantitative estimate of drug-likeness (QED) is 0.709. The predicted octanol–water partition coefficient (Wildman–Crippen LogP) is 3.01. The Morgan fingerprint density at radius 2 is 1.81 bits per heavy atom. The van der Waals surface area contributed by atoms with Gasteiger partial charge in [0, 0.05) is 12.4 Å². The van der Waals surface area contributed by atoms with E-state index in [2.05, 4.69) is 15.3 Å². The number of nitrogens with one attached hydrogen (secondary N) is 1. The number of carbonyl (C=O) groups is 2. The van der Waals surface area contributed by atoms with Gasteiger partial charge in [-0.3, -0.25) is 9.78 Å². The van der Waals surface area contributed by atoms with Crippen LogP contribution in [0.25, 0.3) is 0 Å². The summed E-state index contributed by atoms with van der Waals surface area (Å²) in [6.45, 7) is 0.312. The number of benzene rings is 1. The van der Waals surface area contributed by atoms with Crippen molar-refractivity contribution < 1.29 is 19.4 Å². The van der Waals surface area contributed by atoms with Gasteiger partial charge >= 0.3 is 5.97 Å². The van der Waals surface area contributed by atoms with Crippen LogP contribution in [-0.4, -0.2) is 27.0 Å². The minimum absolute atomic E-state index is 0.00908. The van der Waals surface area contributed by atoms with Gasteiger partial charge in [-0.05, 0) is 29.8 Å². The topological polar surface area (TPSA) is 101 Å². The highest BCUT2D eigenvalue weighted by Gasteiger charge is 2.13. The van der Waals surface area contributed by atoms with Crippen molar-refractivity contribution >= 4 is 17.6 Å². The molecule has 1 aromatic carbocycles. The van der Waals surface area contributed by atoms with Crippen LogP contribution in [0.4, 0.5) is 5.69 Å². The van der Waals surface area contributed by atoms with Crippen molar-refractivity contribution in [3.05, 3.63) is 83.8 Å². The monoisotopic (exact) mass is 349 g/mol. The zero-order chi connectivity index (χ0) is 18.4. The van der Waals surface area contributed by atoms with E-state index in [0.29, 0.717) is 12.3 Å². The number of hydrogen-bond acceptors (Lipinski definition) is 5. The highest BCUT2D eigenvalue weighted by atomic mass is 16.5. The third kappa shape index (κ3) is 4.21. The molecular weight excluding hydrogens is 334 g/mol.